The second-order valence-corrected chi connectivity index (χ2v) is 5.18. The monoisotopic (exact) mass is 227 g/mol. The highest BCUT2D eigenvalue weighted by Crippen LogP contribution is 2.19. The van der Waals surface area contributed by atoms with E-state index in [0.717, 1.165) is 5.92 Å². The van der Waals surface area contributed by atoms with Gasteiger partial charge in [-0.2, -0.15) is 0 Å². The van der Waals surface area contributed by atoms with Gasteiger partial charge in [0.15, 0.2) is 0 Å². The predicted molar refractivity (Wildman–Crippen MR) is 74.7 cm³/mol. The zero-order valence-electron chi connectivity index (χ0n) is 11.8. The van der Waals surface area contributed by atoms with Crippen LogP contribution in [0.1, 0.15) is 85.0 Å². The van der Waals surface area contributed by atoms with Gasteiger partial charge in [0.1, 0.15) is 0 Å². The molecule has 0 aliphatic heterocycles. The van der Waals surface area contributed by atoms with Gasteiger partial charge in [0.25, 0.3) is 0 Å². The molecule has 1 nitrogen and oxygen atoms in total. The normalized spacial score (nSPS) is 15.0. The molecule has 0 saturated heterocycles. The van der Waals surface area contributed by atoms with Crippen molar-refractivity contribution in [2.75, 3.05) is 0 Å². The van der Waals surface area contributed by atoms with Gasteiger partial charge in [-0.05, 0) is 18.8 Å². The summed E-state index contributed by atoms with van der Waals surface area (Å²) in [7, 11) is 0. The molecule has 2 N–H and O–H groups in total. The van der Waals surface area contributed by atoms with Crippen LogP contribution in [0.5, 0.6) is 0 Å². The van der Waals surface area contributed by atoms with Gasteiger partial charge in [-0.3, -0.25) is 0 Å². The van der Waals surface area contributed by atoms with Crippen molar-refractivity contribution < 1.29 is 0 Å². The molecule has 0 heterocycles. The van der Waals surface area contributed by atoms with Gasteiger partial charge in [-0.1, -0.05) is 72.1 Å². The fourth-order valence-corrected chi connectivity index (χ4v) is 2.41. The highest BCUT2D eigenvalue weighted by Gasteiger charge is 2.14. The summed E-state index contributed by atoms with van der Waals surface area (Å²) >= 11 is 0. The van der Waals surface area contributed by atoms with E-state index in [1.165, 1.54) is 64.2 Å². The average molecular weight is 227 g/mol. The summed E-state index contributed by atoms with van der Waals surface area (Å²) in [4.78, 5) is 0. The van der Waals surface area contributed by atoms with Crippen LogP contribution in [0.15, 0.2) is 0 Å². The van der Waals surface area contributed by atoms with Crippen LogP contribution in [0.4, 0.5) is 0 Å². The highest BCUT2D eigenvalue weighted by atomic mass is 14.6. The molecular weight excluding hydrogens is 194 g/mol. The minimum absolute atomic E-state index is 0.457. The standard InChI is InChI=1S/C15H33N/c1-4-7-9-10-11-13-15(16)14(6-3)12-8-5-2/h14-15H,4-13,16H2,1-3H3. The first-order chi connectivity index (χ1) is 7.76. The number of nitrogens with two attached hydrogens (primary N) is 1. The van der Waals surface area contributed by atoms with E-state index in [4.69, 9.17) is 5.73 Å². The Morgan fingerprint density at radius 1 is 0.750 bits per heavy atom. The summed E-state index contributed by atoms with van der Waals surface area (Å²) in [5.41, 5.74) is 6.28. The van der Waals surface area contributed by atoms with Crippen LogP contribution < -0.4 is 5.73 Å². The van der Waals surface area contributed by atoms with E-state index < -0.39 is 0 Å². The first-order valence-corrected chi connectivity index (χ1v) is 7.51. The molecule has 0 saturated carbocycles. The quantitative estimate of drug-likeness (QED) is 0.500. The van der Waals surface area contributed by atoms with E-state index in [0.29, 0.717) is 6.04 Å². The van der Waals surface area contributed by atoms with Crippen molar-refractivity contribution in [3.05, 3.63) is 0 Å². The third-order valence-corrected chi connectivity index (χ3v) is 3.70. The Balaban J connectivity index is 3.54. The molecule has 0 fully saturated rings. The lowest BCUT2D eigenvalue weighted by Gasteiger charge is -2.22. The number of hydrogen-bond donors (Lipinski definition) is 1. The maximum Gasteiger partial charge on any atom is 0.00670 e. The van der Waals surface area contributed by atoms with Crippen molar-refractivity contribution in [2.45, 2.75) is 91.0 Å². The van der Waals surface area contributed by atoms with Crippen molar-refractivity contribution in [1.29, 1.82) is 0 Å². The van der Waals surface area contributed by atoms with Crippen LogP contribution in [-0.4, -0.2) is 6.04 Å². The zero-order chi connectivity index (χ0) is 12.2. The lowest BCUT2D eigenvalue weighted by atomic mass is 9.89. The van der Waals surface area contributed by atoms with Crippen molar-refractivity contribution >= 4 is 0 Å². The molecule has 0 aliphatic rings. The number of unbranched alkanes of at least 4 members (excludes halogenated alkanes) is 5. The van der Waals surface area contributed by atoms with Crippen LogP contribution in [0.3, 0.4) is 0 Å². The van der Waals surface area contributed by atoms with Gasteiger partial charge in [-0.15, -0.1) is 0 Å². The van der Waals surface area contributed by atoms with Gasteiger partial charge in [0, 0.05) is 6.04 Å². The Hall–Kier alpha value is -0.0400. The number of rotatable bonds is 11. The fraction of sp³-hybridized carbons (Fsp3) is 1.00. The van der Waals surface area contributed by atoms with E-state index in [1.54, 1.807) is 0 Å². The Bertz CT molecular complexity index is 133. The second kappa shape index (κ2) is 11.4. The third-order valence-electron chi connectivity index (χ3n) is 3.70. The summed E-state index contributed by atoms with van der Waals surface area (Å²) < 4.78 is 0. The first-order valence-electron chi connectivity index (χ1n) is 7.51. The lowest BCUT2D eigenvalue weighted by Crippen LogP contribution is -2.29. The summed E-state index contributed by atoms with van der Waals surface area (Å²) in [6.45, 7) is 6.82. The molecule has 0 radical (unpaired) electrons. The molecule has 16 heavy (non-hydrogen) atoms. The SMILES string of the molecule is CCCCCCCC(N)C(CC)CCCC. The molecule has 0 aromatic heterocycles. The van der Waals surface area contributed by atoms with Crippen LogP contribution in [-0.2, 0) is 0 Å². The van der Waals surface area contributed by atoms with Crippen molar-refractivity contribution in [1.82, 2.24) is 0 Å². The molecule has 0 aromatic rings. The molecule has 0 spiro atoms. The zero-order valence-corrected chi connectivity index (χ0v) is 11.8. The topological polar surface area (TPSA) is 26.0 Å². The Kier molecular flexibility index (Phi) is 11.4. The molecule has 0 amide bonds. The highest BCUT2D eigenvalue weighted by molar-refractivity contribution is 4.71. The summed E-state index contributed by atoms with van der Waals surface area (Å²) in [6, 6.07) is 0.457. The minimum atomic E-state index is 0.457. The number of hydrogen-bond acceptors (Lipinski definition) is 1. The minimum Gasteiger partial charge on any atom is -0.327 e. The molecule has 0 rings (SSSR count). The van der Waals surface area contributed by atoms with Crippen LogP contribution in [0.25, 0.3) is 0 Å². The summed E-state index contributed by atoms with van der Waals surface area (Å²) in [5.74, 6) is 0.770. The molecule has 0 aliphatic carbocycles. The van der Waals surface area contributed by atoms with Crippen molar-refractivity contribution in [3.8, 4) is 0 Å². The molecule has 0 bridgehead atoms. The van der Waals surface area contributed by atoms with E-state index in [1.807, 2.05) is 0 Å². The smallest absolute Gasteiger partial charge is 0.00670 e. The Labute approximate surface area is 103 Å². The Morgan fingerprint density at radius 3 is 1.94 bits per heavy atom. The van der Waals surface area contributed by atoms with E-state index >= 15 is 0 Å². The molecule has 2 unspecified atom stereocenters. The summed E-state index contributed by atoms with van der Waals surface area (Å²) in [5, 5.41) is 0. The van der Waals surface area contributed by atoms with Crippen molar-refractivity contribution in [2.24, 2.45) is 11.7 Å². The summed E-state index contributed by atoms with van der Waals surface area (Å²) in [6.07, 6.45) is 13.3. The van der Waals surface area contributed by atoms with E-state index in [2.05, 4.69) is 20.8 Å². The fourth-order valence-electron chi connectivity index (χ4n) is 2.41. The van der Waals surface area contributed by atoms with Gasteiger partial charge in [0.05, 0.1) is 0 Å². The molecule has 1 heteroatoms. The average Bonchev–Trinajstić information content (AvgIpc) is 2.30. The van der Waals surface area contributed by atoms with Gasteiger partial charge >= 0.3 is 0 Å². The van der Waals surface area contributed by atoms with Crippen LogP contribution >= 0.6 is 0 Å². The molecule has 98 valence electrons. The van der Waals surface area contributed by atoms with Crippen LogP contribution in [0, 0.1) is 5.92 Å². The van der Waals surface area contributed by atoms with Gasteiger partial charge in [0.2, 0.25) is 0 Å². The maximum absolute atomic E-state index is 6.28. The van der Waals surface area contributed by atoms with Gasteiger partial charge < -0.3 is 5.73 Å². The Morgan fingerprint density at radius 2 is 1.38 bits per heavy atom. The van der Waals surface area contributed by atoms with E-state index in [-0.39, 0.29) is 0 Å². The van der Waals surface area contributed by atoms with Gasteiger partial charge in [-0.25, -0.2) is 0 Å². The molecular formula is C15H33N. The largest absolute Gasteiger partial charge is 0.327 e. The lowest BCUT2D eigenvalue weighted by molar-refractivity contribution is 0.347. The first kappa shape index (κ1) is 16.0. The molecule has 0 aromatic carbocycles. The maximum atomic E-state index is 6.28. The van der Waals surface area contributed by atoms with E-state index in [9.17, 15) is 0 Å². The predicted octanol–water partition coefficient (Wildman–Crippen LogP) is 4.89. The van der Waals surface area contributed by atoms with Crippen LogP contribution in [0.2, 0.25) is 0 Å². The third kappa shape index (κ3) is 8.15. The van der Waals surface area contributed by atoms with Crippen molar-refractivity contribution in [3.63, 3.8) is 0 Å². The molecule has 2 atom stereocenters. The second-order valence-electron chi connectivity index (χ2n) is 5.18.